The number of hydrogen-bond donors (Lipinski definition) is 2. The average Bonchev–Trinajstić information content (AvgIpc) is 3.29. The summed E-state index contributed by atoms with van der Waals surface area (Å²) in [4.78, 5) is 8.42. The van der Waals surface area contributed by atoms with Gasteiger partial charge in [0.05, 0.1) is 6.61 Å². The number of hydrogen-bond acceptors (Lipinski definition) is 4. The van der Waals surface area contributed by atoms with Gasteiger partial charge in [0, 0.05) is 37.7 Å². The van der Waals surface area contributed by atoms with Crippen molar-refractivity contribution in [2.45, 2.75) is 45.4 Å². The Hall–Kier alpha value is -1.89. The quantitative estimate of drug-likeness (QED) is 0.353. The van der Waals surface area contributed by atoms with Crippen LogP contribution in [0.1, 0.15) is 48.2 Å². The van der Waals surface area contributed by atoms with Gasteiger partial charge in [0.15, 0.2) is 5.96 Å². The molecule has 0 radical (unpaired) electrons. The third-order valence-electron chi connectivity index (χ3n) is 5.77. The summed E-state index contributed by atoms with van der Waals surface area (Å²) in [6.07, 6.45) is 3.54. The van der Waals surface area contributed by atoms with Crippen LogP contribution in [0.15, 0.2) is 46.8 Å². The highest BCUT2D eigenvalue weighted by Crippen LogP contribution is 2.36. The van der Waals surface area contributed by atoms with Gasteiger partial charge in [0.25, 0.3) is 0 Å². The molecule has 1 fully saturated rings. The molecule has 2 N–H and O–H groups in total. The number of nitrogens with one attached hydrogen (secondary N) is 2. The van der Waals surface area contributed by atoms with Crippen LogP contribution in [0.2, 0.25) is 0 Å². The molecule has 1 saturated heterocycles. The largest absolute Gasteiger partial charge is 0.377 e. The standard InChI is InChI=1S/C24H36N4OS/c1-4-14-29-18-21-10-6-5-9-19(21)16-26-24(25-2)27-17-20-11-7-13-28(3)23(20)22-12-8-15-30-22/h5-6,8-10,12,15,20,23H,4,7,11,13-14,16-18H2,1-3H3,(H2,25,26,27). The van der Waals surface area contributed by atoms with Gasteiger partial charge in [-0.05, 0) is 61.3 Å². The minimum absolute atomic E-state index is 0.487. The van der Waals surface area contributed by atoms with E-state index in [1.54, 1.807) is 0 Å². The van der Waals surface area contributed by atoms with Crippen molar-refractivity contribution in [3.63, 3.8) is 0 Å². The van der Waals surface area contributed by atoms with Crippen molar-refractivity contribution in [2.24, 2.45) is 10.9 Å². The van der Waals surface area contributed by atoms with Gasteiger partial charge < -0.3 is 15.4 Å². The number of rotatable bonds is 9. The second kappa shape index (κ2) is 12.1. The lowest BCUT2D eigenvalue weighted by molar-refractivity contribution is 0.121. The first-order chi connectivity index (χ1) is 14.7. The van der Waals surface area contributed by atoms with Gasteiger partial charge in [0.1, 0.15) is 0 Å². The Kier molecular flexibility index (Phi) is 9.18. The van der Waals surface area contributed by atoms with Crippen LogP contribution in [-0.2, 0) is 17.9 Å². The molecule has 0 spiro atoms. The Balaban J connectivity index is 1.55. The van der Waals surface area contributed by atoms with Gasteiger partial charge in [0.2, 0.25) is 0 Å². The Morgan fingerprint density at radius 1 is 1.20 bits per heavy atom. The van der Waals surface area contributed by atoms with Gasteiger partial charge in [-0.3, -0.25) is 9.89 Å². The predicted molar refractivity (Wildman–Crippen MR) is 127 cm³/mol. The zero-order valence-corrected chi connectivity index (χ0v) is 19.4. The van der Waals surface area contributed by atoms with Crippen molar-refractivity contribution in [1.29, 1.82) is 0 Å². The molecular weight excluding hydrogens is 392 g/mol. The Morgan fingerprint density at radius 2 is 2.03 bits per heavy atom. The molecule has 1 aromatic heterocycles. The number of nitrogens with zero attached hydrogens (tertiary/aromatic N) is 2. The summed E-state index contributed by atoms with van der Waals surface area (Å²) in [5.74, 6) is 1.44. The summed E-state index contributed by atoms with van der Waals surface area (Å²) < 4.78 is 5.75. The highest BCUT2D eigenvalue weighted by molar-refractivity contribution is 7.10. The molecule has 0 saturated carbocycles. The summed E-state index contributed by atoms with van der Waals surface area (Å²) in [7, 11) is 4.09. The first-order valence-corrected chi connectivity index (χ1v) is 11.9. The average molecular weight is 429 g/mol. The zero-order valence-electron chi connectivity index (χ0n) is 18.6. The predicted octanol–water partition coefficient (Wildman–Crippen LogP) is 4.42. The molecule has 2 atom stereocenters. The van der Waals surface area contributed by atoms with Crippen molar-refractivity contribution in [2.75, 3.05) is 33.8 Å². The fraction of sp³-hybridized carbons (Fsp3) is 0.542. The fourth-order valence-corrected chi connectivity index (χ4v) is 5.19. The van der Waals surface area contributed by atoms with Crippen molar-refractivity contribution in [3.05, 3.63) is 57.8 Å². The van der Waals surface area contributed by atoms with E-state index in [1.165, 1.54) is 35.4 Å². The third-order valence-corrected chi connectivity index (χ3v) is 6.71. The molecule has 1 aliphatic rings. The monoisotopic (exact) mass is 428 g/mol. The summed E-state index contributed by atoms with van der Waals surface area (Å²) in [6.45, 7) is 6.43. The van der Waals surface area contributed by atoms with E-state index in [0.717, 1.165) is 32.1 Å². The van der Waals surface area contributed by atoms with Crippen LogP contribution in [0.3, 0.4) is 0 Å². The molecule has 6 heteroatoms. The summed E-state index contributed by atoms with van der Waals surface area (Å²) in [6, 6.07) is 13.4. The molecule has 3 rings (SSSR count). The van der Waals surface area contributed by atoms with E-state index < -0.39 is 0 Å². The van der Waals surface area contributed by atoms with Gasteiger partial charge in [-0.2, -0.15) is 0 Å². The van der Waals surface area contributed by atoms with Crippen LogP contribution >= 0.6 is 11.3 Å². The second-order valence-corrected chi connectivity index (χ2v) is 8.95. The Bertz CT molecular complexity index is 777. The van der Waals surface area contributed by atoms with E-state index >= 15 is 0 Å². The van der Waals surface area contributed by atoms with Gasteiger partial charge in [-0.1, -0.05) is 37.3 Å². The summed E-state index contributed by atoms with van der Waals surface area (Å²) in [5.41, 5.74) is 2.49. The lowest BCUT2D eigenvalue weighted by atomic mass is 9.88. The van der Waals surface area contributed by atoms with Crippen LogP contribution < -0.4 is 10.6 Å². The maximum absolute atomic E-state index is 5.75. The highest BCUT2D eigenvalue weighted by atomic mass is 32.1. The molecule has 0 aliphatic carbocycles. The van der Waals surface area contributed by atoms with E-state index in [9.17, 15) is 0 Å². The SMILES string of the molecule is CCCOCc1ccccc1CNC(=NC)NCC1CCCN(C)C1c1cccs1. The lowest BCUT2D eigenvalue weighted by Crippen LogP contribution is -2.44. The fourth-order valence-electron chi connectivity index (χ4n) is 4.21. The van der Waals surface area contributed by atoms with Gasteiger partial charge >= 0.3 is 0 Å². The van der Waals surface area contributed by atoms with Crippen molar-refractivity contribution in [3.8, 4) is 0 Å². The molecule has 2 aromatic rings. The normalized spacial score (nSPS) is 20.3. The molecule has 2 unspecified atom stereocenters. The third kappa shape index (κ3) is 6.30. The number of thiophene rings is 1. The molecule has 30 heavy (non-hydrogen) atoms. The van der Waals surface area contributed by atoms with Crippen LogP contribution in [0.4, 0.5) is 0 Å². The number of likely N-dealkylation sites (tertiary alicyclic amines) is 1. The number of aliphatic imine (C=N–C) groups is 1. The molecule has 0 bridgehead atoms. The second-order valence-electron chi connectivity index (χ2n) is 7.97. The molecule has 1 aliphatic heterocycles. The van der Waals surface area contributed by atoms with Crippen molar-refractivity contribution in [1.82, 2.24) is 15.5 Å². The summed E-state index contributed by atoms with van der Waals surface area (Å²) >= 11 is 1.87. The number of ether oxygens (including phenoxy) is 1. The minimum Gasteiger partial charge on any atom is -0.377 e. The van der Waals surface area contributed by atoms with E-state index in [1.807, 2.05) is 18.4 Å². The smallest absolute Gasteiger partial charge is 0.191 e. The zero-order chi connectivity index (χ0) is 21.2. The van der Waals surface area contributed by atoms with E-state index in [4.69, 9.17) is 4.74 Å². The first kappa shape index (κ1) is 22.8. The number of benzene rings is 1. The van der Waals surface area contributed by atoms with Crippen molar-refractivity contribution >= 4 is 17.3 Å². The minimum atomic E-state index is 0.487. The molecule has 0 amide bonds. The Morgan fingerprint density at radius 3 is 2.77 bits per heavy atom. The highest BCUT2D eigenvalue weighted by Gasteiger charge is 2.31. The molecule has 164 valence electrons. The van der Waals surface area contributed by atoms with Crippen LogP contribution in [-0.4, -0.2) is 44.7 Å². The first-order valence-electron chi connectivity index (χ1n) is 11.1. The topological polar surface area (TPSA) is 48.9 Å². The number of guanidine groups is 1. The number of piperidine rings is 1. The molecular formula is C24H36N4OS. The maximum Gasteiger partial charge on any atom is 0.191 e. The van der Waals surface area contributed by atoms with Gasteiger partial charge in [-0.25, -0.2) is 0 Å². The molecule has 2 heterocycles. The molecule has 1 aromatic carbocycles. The summed E-state index contributed by atoms with van der Waals surface area (Å²) in [5, 5.41) is 9.25. The molecule has 5 nitrogen and oxygen atoms in total. The maximum atomic E-state index is 5.75. The van der Waals surface area contributed by atoms with Crippen molar-refractivity contribution < 1.29 is 4.74 Å². The van der Waals surface area contributed by atoms with E-state index in [0.29, 0.717) is 18.6 Å². The van der Waals surface area contributed by atoms with E-state index in [2.05, 4.69) is 76.3 Å². The van der Waals surface area contributed by atoms with Crippen LogP contribution in [0, 0.1) is 5.92 Å². The van der Waals surface area contributed by atoms with Crippen LogP contribution in [0.5, 0.6) is 0 Å². The van der Waals surface area contributed by atoms with Crippen LogP contribution in [0.25, 0.3) is 0 Å². The Labute approximate surface area is 185 Å². The lowest BCUT2D eigenvalue weighted by Gasteiger charge is -2.39. The van der Waals surface area contributed by atoms with E-state index in [-0.39, 0.29) is 0 Å². The van der Waals surface area contributed by atoms with Gasteiger partial charge in [-0.15, -0.1) is 11.3 Å².